The summed E-state index contributed by atoms with van der Waals surface area (Å²) in [6.07, 6.45) is -0.859. The molecule has 0 saturated carbocycles. The number of hydrogen-bond donors (Lipinski definition) is 1. The van der Waals surface area contributed by atoms with Crippen LogP contribution in [0.15, 0.2) is 17.1 Å². The zero-order valence-electron chi connectivity index (χ0n) is 8.47. The van der Waals surface area contributed by atoms with Crippen molar-refractivity contribution in [1.29, 1.82) is 0 Å². The van der Waals surface area contributed by atoms with Crippen LogP contribution < -0.4 is 15.2 Å². The first-order valence-corrected chi connectivity index (χ1v) is 5.16. The van der Waals surface area contributed by atoms with Crippen molar-refractivity contribution in [3.05, 3.63) is 22.7 Å². The normalized spacial score (nSPS) is 21.4. The summed E-state index contributed by atoms with van der Waals surface area (Å²) in [6.45, 7) is 0.108. The predicted molar refractivity (Wildman–Crippen MR) is 58.0 cm³/mol. The van der Waals surface area contributed by atoms with Crippen LogP contribution in [0.25, 0.3) is 0 Å². The number of carbonyl (C=O) groups is 1. The summed E-state index contributed by atoms with van der Waals surface area (Å²) in [4.78, 5) is 15.0. The molecule has 1 amide bonds. The van der Waals surface area contributed by atoms with Gasteiger partial charge in [0.15, 0.2) is 11.5 Å². The van der Waals surface area contributed by atoms with Gasteiger partial charge in [-0.25, -0.2) is 0 Å². The lowest BCUT2D eigenvalue weighted by atomic mass is 10.1. The largest absolute Gasteiger partial charge is 0.454 e. The molecule has 1 atom stereocenters. The van der Waals surface area contributed by atoms with Crippen LogP contribution in [0.3, 0.4) is 0 Å². The molecule has 0 spiro atoms. The van der Waals surface area contributed by atoms with Gasteiger partial charge >= 0.3 is 0 Å². The van der Waals surface area contributed by atoms with Crippen molar-refractivity contribution in [1.82, 2.24) is 0 Å². The van der Waals surface area contributed by atoms with E-state index in [-0.39, 0.29) is 12.8 Å². The highest BCUT2D eigenvalue weighted by Crippen LogP contribution is 2.42. The Morgan fingerprint density at radius 2 is 2.24 bits per heavy atom. The number of hydrogen-bond acceptors (Lipinski definition) is 5. The topological polar surface area (TPSA) is 83.1 Å². The van der Waals surface area contributed by atoms with Gasteiger partial charge in [0, 0.05) is 5.56 Å². The van der Waals surface area contributed by atoms with E-state index in [9.17, 15) is 4.79 Å². The number of aliphatic imine (C=N–C) groups is 1. The summed E-state index contributed by atoms with van der Waals surface area (Å²) >= 11 is 6.00. The Morgan fingerprint density at radius 1 is 1.41 bits per heavy atom. The van der Waals surface area contributed by atoms with E-state index in [0.717, 1.165) is 0 Å². The first-order valence-electron chi connectivity index (χ1n) is 4.79. The second-order valence-corrected chi connectivity index (χ2v) is 3.93. The maximum atomic E-state index is 11.5. The number of halogens is 1. The van der Waals surface area contributed by atoms with Crippen molar-refractivity contribution in [2.45, 2.75) is 6.10 Å². The average molecular weight is 255 g/mol. The van der Waals surface area contributed by atoms with Crippen LogP contribution in [0.5, 0.6) is 11.5 Å². The Labute approximate surface area is 101 Å². The summed E-state index contributed by atoms with van der Waals surface area (Å²) in [6, 6.07) is 3.06. The molecule has 0 fully saturated rings. The zero-order chi connectivity index (χ0) is 12.0. The van der Waals surface area contributed by atoms with E-state index in [2.05, 4.69) is 4.99 Å². The molecule has 0 bridgehead atoms. The fourth-order valence-corrected chi connectivity index (χ4v) is 1.99. The lowest BCUT2D eigenvalue weighted by Gasteiger charge is -2.10. The van der Waals surface area contributed by atoms with Crippen LogP contribution in [-0.4, -0.2) is 18.7 Å². The molecule has 0 aliphatic carbocycles. The Balaban J connectivity index is 2.00. The third-order valence-electron chi connectivity index (χ3n) is 2.44. The minimum Gasteiger partial charge on any atom is -0.454 e. The Kier molecular flexibility index (Phi) is 2.12. The third kappa shape index (κ3) is 1.57. The average Bonchev–Trinajstić information content (AvgIpc) is 2.84. The van der Waals surface area contributed by atoms with Gasteiger partial charge in [0.05, 0.1) is 5.02 Å². The maximum absolute atomic E-state index is 11.5. The molecule has 1 aromatic rings. The number of fused-ring (bicyclic) bond motifs is 1. The Bertz CT molecular complexity index is 543. The second-order valence-electron chi connectivity index (χ2n) is 3.52. The Hall–Kier alpha value is -1.95. The fourth-order valence-electron chi connectivity index (χ4n) is 1.71. The van der Waals surface area contributed by atoms with Gasteiger partial charge in [0.2, 0.25) is 12.9 Å². The second kappa shape index (κ2) is 3.53. The van der Waals surface area contributed by atoms with Gasteiger partial charge in [-0.2, -0.15) is 4.99 Å². The van der Waals surface area contributed by atoms with Crippen LogP contribution in [0, 0.1) is 0 Å². The number of amidine groups is 1. The number of amides is 1. The monoisotopic (exact) mass is 254 g/mol. The molecule has 0 aromatic heterocycles. The van der Waals surface area contributed by atoms with E-state index >= 15 is 0 Å². The molecular formula is C10H7ClN2O4. The molecule has 0 radical (unpaired) electrons. The summed E-state index contributed by atoms with van der Waals surface area (Å²) < 4.78 is 15.5. The smallest absolute Gasteiger partial charge is 0.296 e. The van der Waals surface area contributed by atoms with Gasteiger partial charge < -0.3 is 19.9 Å². The molecule has 2 N–H and O–H groups in total. The van der Waals surface area contributed by atoms with Crippen LogP contribution >= 0.6 is 11.6 Å². The minimum atomic E-state index is -0.859. The molecule has 88 valence electrons. The van der Waals surface area contributed by atoms with Crippen molar-refractivity contribution in [3.8, 4) is 11.5 Å². The number of rotatable bonds is 1. The molecule has 0 saturated heterocycles. The van der Waals surface area contributed by atoms with E-state index in [1.807, 2.05) is 0 Å². The van der Waals surface area contributed by atoms with Gasteiger partial charge in [-0.15, -0.1) is 0 Å². The molecule has 7 heteroatoms. The van der Waals surface area contributed by atoms with Crippen molar-refractivity contribution in [2.24, 2.45) is 10.7 Å². The predicted octanol–water partition coefficient (Wildman–Crippen LogP) is 0.981. The van der Waals surface area contributed by atoms with Crippen LogP contribution in [-0.2, 0) is 9.53 Å². The van der Waals surface area contributed by atoms with Gasteiger partial charge in [-0.3, -0.25) is 4.79 Å². The van der Waals surface area contributed by atoms with Gasteiger partial charge in [0.25, 0.3) is 11.9 Å². The van der Waals surface area contributed by atoms with Crippen LogP contribution in [0.4, 0.5) is 0 Å². The standard InChI is InChI=1S/C10H7ClN2O4/c11-5-1-4(2-6-8(5)16-3-15-6)7-9(14)13-10(12)17-7/h1-2,7H,3H2,(H2,12,13,14). The van der Waals surface area contributed by atoms with E-state index in [1.165, 1.54) is 0 Å². The minimum absolute atomic E-state index is 0.108. The molecule has 6 nitrogen and oxygen atoms in total. The highest BCUT2D eigenvalue weighted by molar-refractivity contribution is 6.32. The van der Waals surface area contributed by atoms with Crippen LogP contribution in [0.1, 0.15) is 11.7 Å². The number of nitrogens with zero attached hydrogens (tertiary/aromatic N) is 1. The number of nitrogens with two attached hydrogens (primary N) is 1. The van der Waals surface area contributed by atoms with Crippen molar-refractivity contribution in [3.63, 3.8) is 0 Å². The number of ether oxygens (including phenoxy) is 3. The van der Waals surface area contributed by atoms with E-state index < -0.39 is 12.0 Å². The molecule has 17 heavy (non-hydrogen) atoms. The first kappa shape index (κ1) is 10.2. The molecule has 1 unspecified atom stereocenters. The van der Waals surface area contributed by atoms with Crippen molar-refractivity contribution >= 4 is 23.5 Å². The summed E-state index contributed by atoms with van der Waals surface area (Å²) in [5, 5.41) is 0.358. The summed E-state index contributed by atoms with van der Waals surface area (Å²) in [5.74, 6) is 0.488. The quantitative estimate of drug-likeness (QED) is 0.808. The zero-order valence-corrected chi connectivity index (χ0v) is 9.23. The molecule has 2 heterocycles. The molecule has 1 aromatic carbocycles. The van der Waals surface area contributed by atoms with E-state index in [4.69, 9.17) is 31.5 Å². The SMILES string of the molecule is NC1=NC(=O)C(c2cc(Cl)c3c(c2)OCO3)O1. The Morgan fingerprint density at radius 3 is 2.94 bits per heavy atom. The van der Waals surface area contributed by atoms with E-state index in [1.54, 1.807) is 12.1 Å². The number of benzene rings is 1. The highest BCUT2D eigenvalue weighted by Gasteiger charge is 2.31. The third-order valence-corrected chi connectivity index (χ3v) is 2.72. The summed E-state index contributed by atoms with van der Waals surface area (Å²) in [7, 11) is 0. The maximum Gasteiger partial charge on any atom is 0.296 e. The highest BCUT2D eigenvalue weighted by atomic mass is 35.5. The molecular weight excluding hydrogens is 248 g/mol. The lowest BCUT2D eigenvalue weighted by Crippen LogP contribution is -2.14. The van der Waals surface area contributed by atoms with Gasteiger partial charge in [0.1, 0.15) is 0 Å². The molecule has 3 rings (SSSR count). The van der Waals surface area contributed by atoms with Gasteiger partial charge in [-0.05, 0) is 12.1 Å². The van der Waals surface area contributed by atoms with Crippen LogP contribution in [0.2, 0.25) is 5.02 Å². The molecule has 2 aliphatic rings. The van der Waals surface area contributed by atoms with Crippen molar-refractivity contribution < 1.29 is 19.0 Å². The van der Waals surface area contributed by atoms with Gasteiger partial charge in [-0.1, -0.05) is 11.6 Å². The number of carbonyl (C=O) groups excluding carboxylic acids is 1. The first-order chi connectivity index (χ1) is 8.15. The lowest BCUT2D eigenvalue weighted by molar-refractivity contribution is -0.122. The van der Waals surface area contributed by atoms with Crippen molar-refractivity contribution in [2.75, 3.05) is 6.79 Å². The fraction of sp³-hybridized carbons (Fsp3) is 0.200. The molecule has 2 aliphatic heterocycles. The summed E-state index contributed by atoms with van der Waals surface area (Å²) in [5.41, 5.74) is 5.86. The van der Waals surface area contributed by atoms with E-state index in [0.29, 0.717) is 22.1 Å².